The van der Waals surface area contributed by atoms with E-state index in [0.717, 1.165) is 63.2 Å². The minimum atomic E-state index is 0.750. The molecule has 1 fully saturated rings. The third kappa shape index (κ3) is 3.19. The summed E-state index contributed by atoms with van der Waals surface area (Å²) in [5.74, 6) is 2.59. The minimum absolute atomic E-state index is 0.750. The topological polar surface area (TPSA) is 33.7 Å². The molecule has 0 atom stereocenters. The van der Waals surface area contributed by atoms with E-state index in [1.165, 1.54) is 5.56 Å². The molecular weight excluding hydrogens is 240 g/mol. The van der Waals surface area contributed by atoms with Crippen LogP contribution in [0.5, 0.6) is 11.5 Å². The fourth-order valence-electron chi connectivity index (χ4n) is 2.60. The first kappa shape index (κ1) is 12.8. The Morgan fingerprint density at radius 2 is 2.00 bits per heavy atom. The van der Waals surface area contributed by atoms with Crippen molar-refractivity contribution in [2.45, 2.75) is 13.0 Å². The summed E-state index contributed by atoms with van der Waals surface area (Å²) in [6.45, 7) is 5.94. The molecule has 3 rings (SSSR count). The molecule has 1 aromatic rings. The Balaban J connectivity index is 1.62. The Morgan fingerprint density at radius 3 is 2.74 bits per heavy atom. The van der Waals surface area contributed by atoms with E-state index in [0.29, 0.717) is 0 Å². The van der Waals surface area contributed by atoms with Crippen molar-refractivity contribution < 1.29 is 9.47 Å². The lowest BCUT2D eigenvalue weighted by atomic mass is 10.0. The molecule has 1 N–H and O–H groups in total. The van der Waals surface area contributed by atoms with Crippen molar-refractivity contribution in [3.05, 3.63) is 23.8 Å². The molecule has 4 nitrogen and oxygen atoms in total. The van der Waals surface area contributed by atoms with Gasteiger partial charge in [0.15, 0.2) is 11.5 Å². The number of fused-ring (bicyclic) bond motifs is 1. The fourth-order valence-corrected chi connectivity index (χ4v) is 2.60. The molecule has 104 valence electrons. The normalized spacial score (nSPS) is 19.1. The first-order chi connectivity index (χ1) is 9.31. The highest BCUT2D eigenvalue weighted by molar-refractivity contribution is 5.43. The summed E-state index contributed by atoms with van der Waals surface area (Å²) in [5.41, 5.74) is 1.29. The molecule has 1 saturated heterocycles. The average Bonchev–Trinajstić information content (AvgIpc) is 2.58. The number of benzene rings is 1. The van der Waals surface area contributed by atoms with E-state index >= 15 is 0 Å². The molecule has 0 radical (unpaired) electrons. The van der Waals surface area contributed by atoms with Gasteiger partial charge in [0.05, 0.1) is 13.2 Å². The molecule has 19 heavy (non-hydrogen) atoms. The zero-order chi connectivity index (χ0) is 13.1. The Hall–Kier alpha value is -1.26. The van der Waals surface area contributed by atoms with Crippen LogP contribution in [0, 0.1) is 5.92 Å². The summed E-state index contributed by atoms with van der Waals surface area (Å²) in [5, 5.41) is 3.32. The molecule has 4 heteroatoms. The van der Waals surface area contributed by atoms with Gasteiger partial charge in [-0.05, 0) is 30.7 Å². The molecule has 0 saturated carbocycles. The summed E-state index contributed by atoms with van der Waals surface area (Å²) in [6.07, 6.45) is 0.957. The number of nitrogens with zero attached hydrogens (tertiary/aromatic N) is 1. The van der Waals surface area contributed by atoms with Gasteiger partial charge in [0.2, 0.25) is 0 Å². The molecule has 0 spiro atoms. The minimum Gasteiger partial charge on any atom is -0.490 e. The fraction of sp³-hybridized carbons (Fsp3) is 0.600. The molecular formula is C15H22N2O2. The zero-order valence-electron chi connectivity index (χ0n) is 11.5. The first-order valence-electron chi connectivity index (χ1n) is 7.09. The average molecular weight is 262 g/mol. The van der Waals surface area contributed by atoms with Crippen LogP contribution in [0.3, 0.4) is 0 Å². The van der Waals surface area contributed by atoms with Gasteiger partial charge in [-0.1, -0.05) is 6.07 Å². The van der Waals surface area contributed by atoms with Gasteiger partial charge in [0, 0.05) is 32.6 Å². The van der Waals surface area contributed by atoms with Gasteiger partial charge in [0.1, 0.15) is 0 Å². The number of hydrogen-bond acceptors (Lipinski definition) is 4. The van der Waals surface area contributed by atoms with Gasteiger partial charge in [0.25, 0.3) is 0 Å². The second-order valence-electron chi connectivity index (χ2n) is 5.55. The second-order valence-corrected chi connectivity index (χ2v) is 5.55. The van der Waals surface area contributed by atoms with E-state index in [9.17, 15) is 0 Å². The van der Waals surface area contributed by atoms with Gasteiger partial charge >= 0.3 is 0 Å². The highest BCUT2D eigenvalue weighted by atomic mass is 16.5. The van der Waals surface area contributed by atoms with Crippen molar-refractivity contribution in [1.29, 1.82) is 0 Å². The maximum atomic E-state index is 5.73. The monoisotopic (exact) mass is 262 g/mol. The van der Waals surface area contributed by atoms with Gasteiger partial charge in [-0.25, -0.2) is 0 Å². The highest BCUT2D eigenvalue weighted by Gasteiger charge is 2.18. The Kier molecular flexibility index (Phi) is 3.89. The number of ether oxygens (including phenoxy) is 2. The number of rotatable bonds is 4. The van der Waals surface area contributed by atoms with E-state index in [-0.39, 0.29) is 0 Å². The summed E-state index contributed by atoms with van der Waals surface area (Å²) < 4.78 is 11.4. The van der Waals surface area contributed by atoms with Gasteiger partial charge in [-0.3, -0.25) is 0 Å². The van der Waals surface area contributed by atoms with Crippen LogP contribution < -0.4 is 14.8 Å². The van der Waals surface area contributed by atoms with Crippen molar-refractivity contribution in [2.75, 3.05) is 39.9 Å². The molecule has 0 bridgehead atoms. The number of nitrogens with one attached hydrogen (secondary N) is 1. The molecule has 0 aliphatic carbocycles. The third-order valence-corrected chi connectivity index (χ3v) is 3.70. The van der Waals surface area contributed by atoms with Gasteiger partial charge < -0.3 is 19.7 Å². The second kappa shape index (κ2) is 5.80. The quantitative estimate of drug-likeness (QED) is 0.891. The maximum absolute atomic E-state index is 5.73. The van der Waals surface area contributed by atoms with E-state index in [1.54, 1.807) is 0 Å². The van der Waals surface area contributed by atoms with Crippen LogP contribution >= 0.6 is 0 Å². The van der Waals surface area contributed by atoms with Crippen molar-refractivity contribution in [3.63, 3.8) is 0 Å². The first-order valence-corrected chi connectivity index (χ1v) is 7.09. The van der Waals surface area contributed by atoms with Crippen molar-refractivity contribution >= 4 is 0 Å². The molecule has 2 heterocycles. The molecule has 0 unspecified atom stereocenters. The molecule has 0 amide bonds. The maximum Gasteiger partial charge on any atom is 0.161 e. The van der Waals surface area contributed by atoms with Crippen LogP contribution in [0.15, 0.2) is 18.2 Å². The molecule has 2 aliphatic rings. The van der Waals surface area contributed by atoms with Crippen LogP contribution in [0.2, 0.25) is 0 Å². The lowest BCUT2D eigenvalue weighted by Crippen LogP contribution is -2.47. The van der Waals surface area contributed by atoms with Gasteiger partial charge in [-0.15, -0.1) is 0 Å². The highest BCUT2D eigenvalue weighted by Crippen LogP contribution is 2.30. The summed E-state index contributed by atoms with van der Waals surface area (Å²) >= 11 is 0. The van der Waals surface area contributed by atoms with Gasteiger partial charge in [-0.2, -0.15) is 0 Å². The molecule has 1 aromatic carbocycles. The van der Waals surface area contributed by atoms with Crippen LogP contribution in [-0.2, 0) is 6.54 Å². The number of hydrogen-bond donors (Lipinski definition) is 1. The zero-order valence-corrected chi connectivity index (χ0v) is 11.5. The lowest BCUT2D eigenvalue weighted by molar-refractivity contribution is 0.218. The van der Waals surface area contributed by atoms with Crippen LogP contribution in [0.25, 0.3) is 0 Å². The standard InChI is InChI=1S/C15H22N2O2/c1-17(11-13-8-16-9-13)10-12-3-4-14-15(7-12)19-6-2-5-18-14/h3-4,7,13,16H,2,5-6,8-11H2,1H3. The largest absolute Gasteiger partial charge is 0.490 e. The summed E-state index contributed by atoms with van der Waals surface area (Å²) in [4.78, 5) is 2.38. The van der Waals surface area contributed by atoms with Crippen molar-refractivity contribution in [3.8, 4) is 11.5 Å². The van der Waals surface area contributed by atoms with E-state index in [1.807, 2.05) is 6.07 Å². The molecule has 0 aromatic heterocycles. The Bertz CT molecular complexity index is 432. The van der Waals surface area contributed by atoms with E-state index in [2.05, 4.69) is 29.4 Å². The Morgan fingerprint density at radius 1 is 1.21 bits per heavy atom. The van der Waals surface area contributed by atoms with Crippen molar-refractivity contribution in [1.82, 2.24) is 10.2 Å². The molecule has 2 aliphatic heterocycles. The summed E-state index contributed by atoms with van der Waals surface area (Å²) in [7, 11) is 2.18. The lowest BCUT2D eigenvalue weighted by Gasteiger charge is -2.31. The van der Waals surface area contributed by atoms with Crippen LogP contribution in [0.4, 0.5) is 0 Å². The van der Waals surface area contributed by atoms with E-state index in [4.69, 9.17) is 9.47 Å². The Labute approximate surface area is 114 Å². The SMILES string of the molecule is CN(Cc1ccc2c(c1)OCCCO2)CC1CNC1. The van der Waals surface area contributed by atoms with E-state index < -0.39 is 0 Å². The predicted molar refractivity (Wildman–Crippen MR) is 74.7 cm³/mol. The summed E-state index contributed by atoms with van der Waals surface area (Å²) in [6, 6.07) is 6.30. The van der Waals surface area contributed by atoms with Crippen LogP contribution in [-0.4, -0.2) is 44.8 Å². The third-order valence-electron chi connectivity index (χ3n) is 3.70. The smallest absolute Gasteiger partial charge is 0.161 e. The predicted octanol–water partition coefficient (Wildman–Crippen LogP) is 1.50. The van der Waals surface area contributed by atoms with Crippen LogP contribution in [0.1, 0.15) is 12.0 Å². The van der Waals surface area contributed by atoms with Crippen molar-refractivity contribution in [2.24, 2.45) is 5.92 Å².